The lowest BCUT2D eigenvalue weighted by Crippen LogP contribution is -2.06. The molecular formula is C29H40O4. The Morgan fingerprint density at radius 2 is 1.21 bits per heavy atom. The van der Waals surface area contributed by atoms with Crippen LogP contribution in [0.1, 0.15) is 99.3 Å². The van der Waals surface area contributed by atoms with Crippen LogP contribution in [0.25, 0.3) is 0 Å². The molecule has 0 aromatic heterocycles. The first-order valence-electron chi connectivity index (χ1n) is 12.6. The monoisotopic (exact) mass is 452 g/mol. The molecule has 0 aliphatic rings. The lowest BCUT2D eigenvalue weighted by molar-refractivity contribution is -0.138. The van der Waals surface area contributed by atoms with Gasteiger partial charge in [-0.25, -0.2) is 0 Å². The Balaban J connectivity index is 1.92. The largest absolute Gasteiger partial charge is 0.481 e. The predicted octanol–water partition coefficient (Wildman–Crippen LogP) is 7.19. The van der Waals surface area contributed by atoms with E-state index in [0.29, 0.717) is 12.8 Å². The highest BCUT2D eigenvalue weighted by atomic mass is 16.4. The van der Waals surface area contributed by atoms with Crippen LogP contribution in [0, 0.1) is 0 Å². The van der Waals surface area contributed by atoms with Crippen LogP contribution in [0.4, 0.5) is 0 Å². The highest BCUT2D eigenvalue weighted by Gasteiger charge is 2.16. The molecule has 0 heterocycles. The Morgan fingerprint density at radius 1 is 0.697 bits per heavy atom. The Labute approximate surface area is 199 Å². The zero-order valence-corrected chi connectivity index (χ0v) is 20.1. The molecule has 2 N–H and O–H groups in total. The summed E-state index contributed by atoms with van der Waals surface area (Å²) in [7, 11) is 0. The number of aryl methyl sites for hydroxylation is 3. The second-order valence-electron chi connectivity index (χ2n) is 9.09. The average Bonchev–Trinajstić information content (AvgIpc) is 2.80. The van der Waals surface area contributed by atoms with E-state index in [2.05, 4.69) is 49.4 Å². The van der Waals surface area contributed by atoms with Gasteiger partial charge in [-0.2, -0.15) is 0 Å². The fourth-order valence-electron chi connectivity index (χ4n) is 4.51. The Hall–Kier alpha value is -2.62. The third-order valence-corrected chi connectivity index (χ3v) is 6.38. The average molecular weight is 453 g/mol. The van der Waals surface area contributed by atoms with E-state index < -0.39 is 11.9 Å². The maximum absolute atomic E-state index is 11.0. The smallest absolute Gasteiger partial charge is 0.303 e. The lowest BCUT2D eigenvalue weighted by atomic mass is 9.84. The zero-order chi connectivity index (χ0) is 23.9. The molecule has 0 bridgehead atoms. The number of carboxylic acids is 2. The van der Waals surface area contributed by atoms with E-state index in [1.807, 2.05) is 6.07 Å². The molecule has 0 amide bonds. The van der Waals surface area contributed by atoms with Gasteiger partial charge in [-0.1, -0.05) is 61.9 Å². The molecule has 0 radical (unpaired) electrons. The molecule has 0 spiro atoms. The summed E-state index contributed by atoms with van der Waals surface area (Å²) in [5.41, 5.74) is 5.41. The maximum atomic E-state index is 11.0. The summed E-state index contributed by atoms with van der Waals surface area (Å²) < 4.78 is 0. The van der Waals surface area contributed by atoms with Crippen molar-refractivity contribution >= 4 is 11.9 Å². The predicted molar refractivity (Wildman–Crippen MR) is 134 cm³/mol. The molecule has 2 aromatic rings. The Bertz CT molecular complexity index is 821. The second kappa shape index (κ2) is 15.3. The Kier molecular flexibility index (Phi) is 12.3. The van der Waals surface area contributed by atoms with Gasteiger partial charge in [0.1, 0.15) is 0 Å². The first kappa shape index (κ1) is 26.6. The van der Waals surface area contributed by atoms with E-state index >= 15 is 0 Å². The van der Waals surface area contributed by atoms with Crippen molar-refractivity contribution in [3.8, 4) is 0 Å². The molecule has 0 aliphatic heterocycles. The molecule has 0 fully saturated rings. The van der Waals surface area contributed by atoms with Gasteiger partial charge in [0.15, 0.2) is 0 Å². The third kappa shape index (κ3) is 10.7. The van der Waals surface area contributed by atoms with Crippen molar-refractivity contribution in [1.82, 2.24) is 0 Å². The molecule has 2 aromatic carbocycles. The lowest BCUT2D eigenvalue weighted by Gasteiger charge is -2.20. The van der Waals surface area contributed by atoms with Crippen molar-refractivity contribution in [2.75, 3.05) is 0 Å². The van der Waals surface area contributed by atoms with Crippen LogP contribution < -0.4 is 0 Å². The molecule has 4 heteroatoms. The molecule has 0 atom stereocenters. The van der Waals surface area contributed by atoms with Crippen LogP contribution in [-0.4, -0.2) is 22.2 Å². The van der Waals surface area contributed by atoms with Gasteiger partial charge in [0.25, 0.3) is 0 Å². The van der Waals surface area contributed by atoms with Crippen LogP contribution in [0.2, 0.25) is 0 Å². The maximum Gasteiger partial charge on any atom is 0.303 e. The summed E-state index contributed by atoms with van der Waals surface area (Å²) in [6.45, 7) is 2.22. The van der Waals surface area contributed by atoms with E-state index in [9.17, 15) is 9.59 Å². The van der Waals surface area contributed by atoms with Crippen LogP contribution in [0.5, 0.6) is 0 Å². The number of hydrogen-bond donors (Lipinski definition) is 2. The molecule has 2 rings (SSSR count). The van der Waals surface area contributed by atoms with Crippen LogP contribution in [0.3, 0.4) is 0 Å². The van der Waals surface area contributed by atoms with Gasteiger partial charge in [0.05, 0.1) is 0 Å². The van der Waals surface area contributed by atoms with Gasteiger partial charge in [-0.3, -0.25) is 9.59 Å². The van der Waals surface area contributed by atoms with Crippen molar-refractivity contribution in [1.29, 1.82) is 0 Å². The number of hydrogen-bond acceptors (Lipinski definition) is 2. The summed E-state index contributed by atoms with van der Waals surface area (Å²) in [6.07, 6.45) is 11.1. The van der Waals surface area contributed by atoms with Crippen molar-refractivity contribution in [2.24, 2.45) is 0 Å². The molecule has 0 saturated carbocycles. The molecular weight excluding hydrogens is 412 g/mol. The van der Waals surface area contributed by atoms with E-state index in [1.165, 1.54) is 35.1 Å². The van der Waals surface area contributed by atoms with E-state index in [1.54, 1.807) is 0 Å². The van der Waals surface area contributed by atoms with E-state index in [-0.39, 0.29) is 18.8 Å². The van der Waals surface area contributed by atoms with Crippen LogP contribution in [0.15, 0.2) is 48.5 Å². The van der Waals surface area contributed by atoms with Gasteiger partial charge in [-0.05, 0) is 92.4 Å². The molecule has 4 nitrogen and oxygen atoms in total. The minimum Gasteiger partial charge on any atom is -0.481 e. The summed E-state index contributed by atoms with van der Waals surface area (Å²) in [5.74, 6) is -1.33. The topological polar surface area (TPSA) is 74.6 Å². The van der Waals surface area contributed by atoms with Crippen molar-refractivity contribution in [3.05, 3.63) is 70.8 Å². The summed E-state index contributed by atoms with van der Waals surface area (Å²) in [4.78, 5) is 21.9. The van der Waals surface area contributed by atoms with Gasteiger partial charge in [-0.15, -0.1) is 0 Å². The van der Waals surface area contributed by atoms with Crippen molar-refractivity contribution < 1.29 is 19.8 Å². The first-order chi connectivity index (χ1) is 16.0. The number of carbonyl (C=O) groups is 2. The Morgan fingerprint density at radius 3 is 1.76 bits per heavy atom. The second-order valence-corrected chi connectivity index (χ2v) is 9.09. The fraction of sp³-hybridized carbons (Fsp3) is 0.517. The minimum atomic E-state index is -0.772. The van der Waals surface area contributed by atoms with Crippen molar-refractivity contribution in [3.63, 3.8) is 0 Å². The van der Waals surface area contributed by atoms with Crippen LogP contribution in [-0.2, 0) is 28.9 Å². The standard InChI is InChI=1S/C29H40O4/c1-2-3-10-23-19-21-24(22-20-23)11-4-5-12-25-13-6-7-16-27(25)26(14-8-17-28(30)31)15-9-18-29(32)33/h6-7,13,16,19-22,26H,2-5,8-12,14-15,17-18H2,1H3,(H,30,31)(H,32,33). The molecule has 180 valence electrons. The molecule has 0 saturated heterocycles. The molecule has 0 unspecified atom stereocenters. The number of aliphatic carboxylic acids is 2. The van der Waals surface area contributed by atoms with E-state index in [4.69, 9.17) is 10.2 Å². The van der Waals surface area contributed by atoms with Gasteiger partial charge >= 0.3 is 11.9 Å². The zero-order valence-electron chi connectivity index (χ0n) is 20.1. The molecule has 0 aliphatic carbocycles. The fourth-order valence-corrected chi connectivity index (χ4v) is 4.51. The summed E-state index contributed by atoms with van der Waals surface area (Å²) in [6, 6.07) is 17.5. The summed E-state index contributed by atoms with van der Waals surface area (Å²) in [5, 5.41) is 18.0. The quantitative estimate of drug-likeness (QED) is 0.249. The van der Waals surface area contributed by atoms with Gasteiger partial charge in [0.2, 0.25) is 0 Å². The minimum absolute atomic E-state index is 0.162. The van der Waals surface area contributed by atoms with Crippen LogP contribution >= 0.6 is 0 Å². The number of carboxylic acid groups (broad SMARTS) is 2. The third-order valence-electron chi connectivity index (χ3n) is 6.38. The first-order valence-corrected chi connectivity index (χ1v) is 12.6. The van der Waals surface area contributed by atoms with E-state index in [0.717, 1.165) is 44.9 Å². The molecule has 33 heavy (non-hydrogen) atoms. The number of benzene rings is 2. The van der Waals surface area contributed by atoms with Gasteiger partial charge in [0, 0.05) is 12.8 Å². The number of rotatable bonds is 17. The van der Waals surface area contributed by atoms with Crippen molar-refractivity contribution in [2.45, 2.75) is 96.3 Å². The number of unbranched alkanes of at least 4 members (excludes halogenated alkanes) is 2. The van der Waals surface area contributed by atoms with Gasteiger partial charge < -0.3 is 10.2 Å². The summed E-state index contributed by atoms with van der Waals surface area (Å²) >= 11 is 0. The normalized spacial score (nSPS) is 11.1. The highest BCUT2D eigenvalue weighted by molar-refractivity contribution is 5.66. The SMILES string of the molecule is CCCCc1ccc(CCCCc2ccccc2C(CCCC(=O)O)CCCC(=O)O)cc1. The highest BCUT2D eigenvalue weighted by Crippen LogP contribution is 2.31.